The Morgan fingerprint density at radius 3 is 2.50 bits per heavy atom. The normalized spacial score (nSPS) is 13.6. The second kappa shape index (κ2) is 7.89. The first kappa shape index (κ1) is 20.1. The van der Waals surface area contributed by atoms with E-state index in [0.29, 0.717) is 11.3 Å². The number of amidine groups is 1. The minimum Gasteiger partial charge on any atom is -0.398 e. The number of nitrogens with two attached hydrogens (primary N) is 2. The molecule has 0 radical (unpaired) electrons. The number of benzene rings is 2. The molecule has 1 aliphatic rings. The summed E-state index contributed by atoms with van der Waals surface area (Å²) in [7, 11) is 0. The van der Waals surface area contributed by atoms with E-state index in [4.69, 9.17) is 11.5 Å². The quantitative estimate of drug-likeness (QED) is 0.212. The lowest BCUT2D eigenvalue weighted by molar-refractivity contribution is -0.137. The maximum absolute atomic E-state index is 13.5. The first-order valence-electron chi connectivity index (χ1n) is 8.48. The Morgan fingerprint density at radius 1 is 1.00 bits per heavy atom. The van der Waals surface area contributed by atoms with Gasteiger partial charge in [-0.05, 0) is 18.2 Å². The molecule has 0 atom stereocenters. The number of aliphatic imine (C=N–C) groups is 2. The molecule has 1 aliphatic heterocycles. The van der Waals surface area contributed by atoms with Gasteiger partial charge in [0.1, 0.15) is 5.84 Å². The van der Waals surface area contributed by atoms with Gasteiger partial charge in [0.2, 0.25) is 0 Å². The van der Waals surface area contributed by atoms with E-state index in [0.717, 1.165) is 6.07 Å². The number of fused-ring (bicyclic) bond motifs is 1. The molecule has 0 spiro atoms. The molecule has 0 saturated carbocycles. The molecule has 152 valence electrons. The van der Waals surface area contributed by atoms with Gasteiger partial charge in [-0.15, -0.1) is 0 Å². The van der Waals surface area contributed by atoms with Crippen molar-refractivity contribution < 1.29 is 13.2 Å². The van der Waals surface area contributed by atoms with Crippen molar-refractivity contribution in [3.05, 3.63) is 59.7 Å². The summed E-state index contributed by atoms with van der Waals surface area (Å²) in [6.45, 7) is 0. The van der Waals surface area contributed by atoms with E-state index in [2.05, 4.69) is 23.1 Å². The molecule has 0 fully saturated rings. The van der Waals surface area contributed by atoms with Crippen molar-refractivity contribution in [3.63, 3.8) is 0 Å². The summed E-state index contributed by atoms with van der Waals surface area (Å²) in [6.07, 6.45) is -4.57. The number of anilines is 1. The average molecular weight is 523 g/mol. The van der Waals surface area contributed by atoms with E-state index in [-0.39, 0.29) is 34.5 Å². The summed E-state index contributed by atoms with van der Waals surface area (Å²) in [4.78, 5) is 17.0. The SMILES string of the molecule is NC(=Nc1nc(-c2ccccc2C(F)(F)F)nc2c1N=CI=N2)c1ccccc1N. The number of rotatable bonds is 3. The van der Waals surface area contributed by atoms with Gasteiger partial charge in [-0.1, -0.05) is 30.3 Å². The van der Waals surface area contributed by atoms with Crippen LogP contribution in [-0.4, -0.2) is 20.0 Å². The predicted octanol–water partition coefficient (Wildman–Crippen LogP) is 5.24. The van der Waals surface area contributed by atoms with Gasteiger partial charge in [0.25, 0.3) is 0 Å². The second-order valence-corrected chi connectivity index (χ2v) is 7.68. The Bertz CT molecular complexity index is 1220. The third kappa shape index (κ3) is 3.92. The lowest BCUT2D eigenvalue weighted by Crippen LogP contribution is -2.15. The average Bonchev–Trinajstić information content (AvgIpc) is 2.73. The van der Waals surface area contributed by atoms with Crippen LogP contribution in [0.5, 0.6) is 0 Å². The number of hydrogen-bond donors (Lipinski definition) is 2. The van der Waals surface area contributed by atoms with Gasteiger partial charge < -0.3 is 11.5 Å². The summed E-state index contributed by atoms with van der Waals surface area (Å²) in [5.74, 6) is 0.120. The van der Waals surface area contributed by atoms with Gasteiger partial charge >= 0.3 is 6.18 Å². The number of nitrogens with zero attached hydrogens (tertiary/aromatic N) is 5. The largest absolute Gasteiger partial charge is 0.417 e. The molecule has 0 aliphatic carbocycles. The number of aromatic nitrogens is 2. The summed E-state index contributed by atoms with van der Waals surface area (Å²) in [5, 5.41) is 0. The molecule has 0 bridgehead atoms. The Kier molecular flexibility index (Phi) is 5.28. The molecule has 30 heavy (non-hydrogen) atoms. The highest BCUT2D eigenvalue weighted by Gasteiger charge is 2.34. The van der Waals surface area contributed by atoms with Crippen molar-refractivity contribution in [3.8, 4) is 11.4 Å². The van der Waals surface area contributed by atoms with E-state index in [1.807, 2.05) is 0 Å². The molecule has 11 heteroatoms. The van der Waals surface area contributed by atoms with Crippen LogP contribution in [-0.2, 0) is 6.18 Å². The van der Waals surface area contributed by atoms with Crippen molar-refractivity contribution in [2.45, 2.75) is 6.18 Å². The Labute approximate surface area is 179 Å². The summed E-state index contributed by atoms with van der Waals surface area (Å²) >= 11 is -0.751. The lowest BCUT2D eigenvalue weighted by Gasteiger charge is -2.14. The van der Waals surface area contributed by atoms with E-state index in [1.54, 1.807) is 28.5 Å². The van der Waals surface area contributed by atoms with E-state index < -0.39 is 32.8 Å². The fourth-order valence-electron chi connectivity index (χ4n) is 2.77. The second-order valence-electron chi connectivity index (χ2n) is 6.08. The fourth-order valence-corrected chi connectivity index (χ4v) is 3.90. The molecule has 3 aromatic rings. The van der Waals surface area contributed by atoms with Gasteiger partial charge in [-0.2, -0.15) is 16.3 Å². The standard InChI is InChI=1S/C19H13F3IN7/c20-19(21,22)12-7-3-1-5-10(12)16-28-17(14-18(29-16)30-23-9-26-14)27-15(25)11-6-2-4-8-13(11)24/h1-9H,24H2,(H2,25,27,28,29,30). The zero-order valence-electron chi connectivity index (χ0n) is 15.1. The van der Waals surface area contributed by atoms with Crippen molar-refractivity contribution in [2.24, 2.45) is 18.9 Å². The monoisotopic (exact) mass is 523 g/mol. The summed E-state index contributed by atoms with van der Waals surface area (Å²) in [6, 6.07) is 11.9. The molecule has 2 heterocycles. The number of para-hydroxylation sites is 1. The predicted molar refractivity (Wildman–Crippen MR) is 118 cm³/mol. The lowest BCUT2D eigenvalue weighted by atomic mass is 10.1. The van der Waals surface area contributed by atoms with E-state index in [1.165, 1.54) is 18.2 Å². The van der Waals surface area contributed by atoms with Crippen molar-refractivity contribution >= 4 is 54.1 Å². The molecule has 0 saturated heterocycles. The Hall–Kier alpha value is -3.22. The van der Waals surface area contributed by atoms with Crippen molar-refractivity contribution in [2.75, 3.05) is 5.73 Å². The molecular formula is C19H13F3IN7. The third-order valence-corrected chi connectivity index (χ3v) is 5.40. The molecule has 2 aromatic carbocycles. The van der Waals surface area contributed by atoms with Crippen LogP contribution in [0.4, 0.5) is 36.2 Å². The number of halogens is 4. The molecule has 0 unspecified atom stereocenters. The van der Waals surface area contributed by atoms with Crippen LogP contribution in [0.1, 0.15) is 11.1 Å². The van der Waals surface area contributed by atoms with Crippen LogP contribution in [0.3, 0.4) is 0 Å². The van der Waals surface area contributed by atoms with Crippen LogP contribution in [0.25, 0.3) is 11.4 Å². The minimum absolute atomic E-state index is 0.0245. The fraction of sp³-hybridized carbons (Fsp3) is 0.0526. The smallest absolute Gasteiger partial charge is 0.398 e. The first-order valence-corrected chi connectivity index (χ1v) is 10.7. The molecule has 4 rings (SSSR count). The molecule has 1 aromatic heterocycles. The van der Waals surface area contributed by atoms with Gasteiger partial charge in [0, 0.05) is 37.8 Å². The molecule has 7 nitrogen and oxygen atoms in total. The highest BCUT2D eigenvalue weighted by Crippen LogP contribution is 2.42. The van der Waals surface area contributed by atoms with Crippen LogP contribution < -0.4 is 11.5 Å². The first-order chi connectivity index (χ1) is 14.3. The minimum atomic E-state index is -4.57. The van der Waals surface area contributed by atoms with Crippen LogP contribution >= 0.6 is 21.0 Å². The van der Waals surface area contributed by atoms with E-state index >= 15 is 0 Å². The van der Waals surface area contributed by atoms with Gasteiger partial charge in [0.05, 0.1) is 9.78 Å². The zero-order valence-corrected chi connectivity index (χ0v) is 17.3. The number of alkyl halides is 3. The zero-order chi connectivity index (χ0) is 21.3. The van der Waals surface area contributed by atoms with Gasteiger partial charge in [-0.3, -0.25) is 0 Å². The summed E-state index contributed by atoms with van der Waals surface area (Å²) in [5.41, 5.74) is 12.2. The highest BCUT2D eigenvalue weighted by atomic mass is 127. The molecular weight excluding hydrogens is 510 g/mol. The van der Waals surface area contributed by atoms with Crippen LogP contribution in [0.15, 0.2) is 61.7 Å². The molecule has 4 N–H and O–H groups in total. The van der Waals surface area contributed by atoms with Crippen LogP contribution in [0.2, 0.25) is 0 Å². The number of hydrogen-bond acceptors (Lipinski definition) is 6. The highest BCUT2D eigenvalue weighted by molar-refractivity contribution is 14.2. The Balaban J connectivity index is 1.92. The topological polar surface area (TPSA) is 115 Å². The maximum atomic E-state index is 13.5. The van der Waals surface area contributed by atoms with E-state index in [9.17, 15) is 13.2 Å². The van der Waals surface area contributed by atoms with Crippen molar-refractivity contribution in [1.82, 2.24) is 9.97 Å². The third-order valence-electron chi connectivity index (χ3n) is 4.13. The summed E-state index contributed by atoms with van der Waals surface area (Å²) < 4.78 is 46.4. The molecule has 0 amide bonds. The maximum Gasteiger partial charge on any atom is 0.417 e. The number of nitrogen functional groups attached to an aromatic ring is 1. The van der Waals surface area contributed by atoms with Crippen molar-refractivity contribution in [1.29, 1.82) is 0 Å². The van der Waals surface area contributed by atoms with Gasteiger partial charge in [-0.25, -0.2) is 20.0 Å². The Morgan fingerprint density at radius 2 is 1.73 bits per heavy atom. The van der Waals surface area contributed by atoms with Gasteiger partial charge in [0.15, 0.2) is 23.1 Å². The van der Waals surface area contributed by atoms with Crippen LogP contribution in [0, 0.1) is 0 Å².